The van der Waals surface area contributed by atoms with Crippen molar-refractivity contribution in [2.45, 2.75) is 51.0 Å². The summed E-state index contributed by atoms with van der Waals surface area (Å²) in [5.41, 5.74) is 0.427. The molecule has 1 aromatic rings. The van der Waals surface area contributed by atoms with Gasteiger partial charge in [0, 0.05) is 33.7 Å². The van der Waals surface area contributed by atoms with E-state index >= 15 is 0 Å². The standard InChI is InChI=1S/C17H31N3O4S2/c1-5-7-13-20(14-8-6-2)26(23,24)18-15-16-11-9-10-12-17(16)25(21,22)19(3)4/h9-12,18H,5-8,13-15H2,1-4H3. The molecule has 0 spiro atoms. The zero-order valence-corrected chi connectivity index (χ0v) is 17.7. The van der Waals surface area contributed by atoms with Crippen LogP contribution in [0.1, 0.15) is 45.1 Å². The van der Waals surface area contributed by atoms with Crippen molar-refractivity contribution < 1.29 is 16.8 Å². The van der Waals surface area contributed by atoms with Crippen LogP contribution in [0.3, 0.4) is 0 Å². The minimum absolute atomic E-state index is 0.0691. The fraction of sp³-hybridized carbons (Fsp3) is 0.647. The summed E-state index contributed by atoms with van der Waals surface area (Å²) in [6.45, 7) is 4.88. The first kappa shape index (κ1) is 23.0. The van der Waals surface area contributed by atoms with Gasteiger partial charge in [0.25, 0.3) is 10.2 Å². The van der Waals surface area contributed by atoms with E-state index in [2.05, 4.69) is 4.72 Å². The second-order valence-corrected chi connectivity index (χ2v) is 10.2. The van der Waals surface area contributed by atoms with Crippen LogP contribution in [0.25, 0.3) is 0 Å². The van der Waals surface area contributed by atoms with Gasteiger partial charge in [-0.1, -0.05) is 44.9 Å². The van der Waals surface area contributed by atoms with E-state index in [-0.39, 0.29) is 11.4 Å². The molecule has 1 N–H and O–H groups in total. The monoisotopic (exact) mass is 405 g/mol. The molecule has 0 saturated carbocycles. The van der Waals surface area contributed by atoms with E-state index in [1.807, 2.05) is 13.8 Å². The van der Waals surface area contributed by atoms with Gasteiger partial charge in [0.1, 0.15) is 0 Å². The highest BCUT2D eigenvalue weighted by Gasteiger charge is 2.24. The van der Waals surface area contributed by atoms with Gasteiger partial charge in [0.2, 0.25) is 10.0 Å². The zero-order valence-electron chi connectivity index (χ0n) is 16.1. The lowest BCUT2D eigenvalue weighted by Gasteiger charge is -2.22. The highest BCUT2D eigenvalue weighted by atomic mass is 32.2. The fourth-order valence-corrected chi connectivity index (χ4v) is 4.75. The molecule has 26 heavy (non-hydrogen) atoms. The van der Waals surface area contributed by atoms with Crippen molar-refractivity contribution >= 4 is 20.2 Å². The quantitative estimate of drug-likeness (QED) is 0.577. The van der Waals surface area contributed by atoms with Gasteiger partial charge < -0.3 is 0 Å². The first-order valence-corrected chi connectivity index (χ1v) is 11.8. The molecule has 0 bridgehead atoms. The molecule has 9 heteroatoms. The lowest BCUT2D eigenvalue weighted by Crippen LogP contribution is -2.41. The van der Waals surface area contributed by atoms with Crippen LogP contribution in [-0.2, 0) is 26.8 Å². The summed E-state index contributed by atoms with van der Waals surface area (Å²) in [6.07, 6.45) is 3.39. The smallest absolute Gasteiger partial charge is 0.207 e. The minimum Gasteiger partial charge on any atom is -0.207 e. The predicted octanol–water partition coefficient (Wildman–Crippen LogP) is 2.17. The van der Waals surface area contributed by atoms with Gasteiger partial charge in [0.05, 0.1) is 4.90 Å². The van der Waals surface area contributed by atoms with Crippen LogP contribution in [0.5, 0.6) is 0 Å². The van der Waals surface area contributed by atoms with E-state index in [0.29, 0.717) is 18.7 Å². The molecule has 0 atom stereocenters. The van der Waals surface area contributed by atoms with Gasteiger partial charge in [-0.25, -0.2) is 12.7 Å². The Morgan fingerprint density at radius 2 is 1.46 bits per heavy atom. The summed E-state index contributed by atoms with van der Waals surface area (Å²) < 4.78 is 55.3. The lowest BCUT2D eigenvalue weighted by molar-refractivity contribution is 0.388. The van der Waals surface area contributed by atoms with Crippen LogP contribution in [0.2, 0.25) is 0 Å². The van der Waals surface area contributed by atoms with Gasteiger partial charge in [-0.15, -0.1) is 0 Å². The van der Waals surface area contributed by atoms with Crippen molar-refractivity contribution in [1.29, 1.82) is 0 Å². The van der Waals surface area contributed by atoms with Crippen molar-refractivity contribution in [1.82, 2.24) is 13.3 Å². The maximum Gasteiger partial charge on any atom is 0.279 e. The minimum atomic E-state index is -3.67. The molecule has 150 valence electrons. The Morgan fingerprint density at radius 3 is 1.96 bits per heavy atom. The summed E-state index contributed by atoms with van der Waals surface area (Å²) >= 11 is 0. The number of benzene rings is 1. The summed E-state index contributed by atoms with van der Waals surface area (Å²) in [4.78, 5) is 0.112. The van der Waals surface area contributed by atoms with Crippen molar-refractivity contribution in [2.24, 2.45) is 0 Å². The molecular formula is C17H31N3O4S2. The summed E-state index contributed by atoms with van der Waals surface area (Å²) in [6, 6.07) is 6.44. The van der Waals surface area contributed by atoms with Gasteiger partial charge >= 0.3 is 0 Å². The Hall–Kier alpha value is -1.00. The van der Waals surface area contributed by atoms with Crippen molar-refractivity contribution in [3.05, 3.63) is 29.8 Å². The number of nitrogens with one attached hydrogen (secondary N) is 1. The van der Waals surface area contributed by atoms with Gasteiger partial charge in [-0.3, -0.25) is 0 Å². The molecule has 0 amide bonds. The summed E-state index contributed by atoms with van der Waals surface area (Å²) in [5.74, 6) is 0. The van der Waals surface area contributed by atoms with Crippen LogP contribution in [0.4, 0.5) is 0 Å². The van der Waals surface area contributed by atoms with Crippen LogP contribution >= 0.6 is 0 Å². The molecule has 0 aliphatic heterocycles. The molecular weight excluding hydrogens is 374 g/mol. The number of hydrogen-bond donors (Lipinski definition) is 1. The summed E-state index contributed by atoms with van der Waals surface area (Å²) in [5, 5.41) is 0. The average molecular weight is 406 g/mol. The van der Waals surface area contributed by atoms with E-state index in [9.17, 15) is 16.8 Å². The number of unbranched alkanes of at least 4 members (excludes halogenated alkanes) is 2. The third kappa shape index (κ3) is 6.31. The first-order chi connectivity index (χ1) is 12.2. The number of hydrogen-bond acceptors (Lipinski definition) is 4. The molecule has 0 radical (unpaired) electrons. The maximum atomic E-state index is 12.7. The fourth-order valence-electron chi connectivity index (χ4n) is 2.38. The largest absolute Gasteiger partial charge is 0.279 e. The average Bonchev–Trinajstić information content (AvgIpc) is 2.60. The van der Waals surface area contributed by atoms with Crippen LogP contribution < -0.4 is 4.72 Å². The second kappa shape index (κ2) is 10.4. The van der Waals surface area contributed by atoms with E-state index in [1.54, 1.807) is 18.2 Å². The Morgan fingerprint density at radius 1 is 0.923 bits per heavy atom. The second-order valence-electron chi connectivity index (χ2n) is 6.33. The third-order valence-corrected chi connectivity index (χ3v) is 7.51. The molecule has 0 heterocycles. The topological polar surface area (TPSA) is 86.8 Å². The third-order valence-electron chi connectivity index (χ3n) is 4.04. The maximum absolute atomic E-state index is 12.7. The van der Waals surface area contributed by atoms with Crippen molar-refractivity contribution in [3.63, 3.8) is 0 Å². The Labute approximate surface area is 158 Å². The first-order valence-electron chi connectivity index (χ1n) is 8.92. The molecule has 1 rings (SSSR count). The van der Waals surface area contributed by atoms with Crippen LogP contribution in [0.15, 0.2) is 29.2 Å². The number of rotatable bonds is 12. The molecule has 0 aliphatic carbocycles. The Balaban J connectivity index is 2.99. The molecule has 0 aromatic heterocycles. The zero-order chi connectivity index (χ0) is 19.8. The number of nitrogens with zero attached hydrogens (tertiary/aromatic N) is 2. The van der Waals surface area contributed by atoms with Gasteiger partial charge in [0.15, 0.2) is 0 Å². The molecule has 0 aliphatic rings. The summed E-state index contributed by atoms with van der Waals surface area (Å²) in [7, 11) is -4.41. The van der Waals surface area contributed by atoms with E-state index in [4.69, 9.17) is 0 Å². The predicted molar refractivity (Wildman–Crippen MR) is 104 cm³/mol. The molecule has 0 unspecified atom stereocenters. The highest BCUT2D eigenvalue weighted by molar-refractivity contribution is 7.89. The van der Waals surface area contributed by atoms with Crippen LogP contribution in [-0.4, -0.2) is 52.6 Å². The van der Waals surface area contributed by atoms with Crippen molar-refractivity contribution in [3.8, 4) is 0 Å². The highest BCUT2D eigenvalue weighted by Crippen LogP contribution is 2.19. The van der Waals surface area contributed by atoms with Gasteiger partial charge in [-0.2, -0.15) is 17.4 Å². The number of sulfonamides is 1. The van der Waals surface area contributed by atoms with Gasteiger partial charge in [-0.05, 0) is 24.5 Å². The lowest BCUT2D eigenvalue weighted by atomic mass is 10.2. The van der Waals surface area contributed by atoms with E-state index < -0.39 is 20.2 Å². The molecule has 1 aromatic carbocycles. The SMILES string of the molecule is CCCCN(CCCC)S(=O)(=O)NCc1ccccc1S(=O)(=O)N(C)C. The molecule has 0 fully saturated rings. The van der Waals surface area contributed by atoms with E-state index in [0.717, 1.165) is 30.0 Å². The Kier molecular flexibility index (Phi) is 9.18. The Bertz CT molecular complexity index is 754. The van der Waals surface area contributed by atoms with E-state index in [1.165, 1.54) is 24.5 Å². The van der Waals surface area contributed by atoms with Crippen LogP contribution in [0, 0.1) is 0 Å². The molecule has 7 nitrogen and oxygen atoms in total. The van der Waals surface area contributed by atoms with Crippen molar-refractivity contribution in [2.75, 3.05) is 27.2 Å². The molecule has 0 saturated heterocycles. The normalized spacial score (nSPS) is 12.8.